The van der Waals surface area contributed by atoms with Crippen molar-refractivity contribution in [1.82, 2.24) is 4.98 Å². The van der Waals surface area contributed by atoms with Crippen LogP contribution in [0.15, 0.2) is 47.5 Å². The summed E-state index contributed by atoms with van der Waals surface area (Å²) in [6, 6.07) is 13.0. The van der Waals surface area contributed by atoms with Gasteiger partial charge in [0.2, 0.25) is 0 Å². The standard InChI is InChI=1S/C23H27N3O3/c1-5-6-18(25-16-10-8-15(9-11-16)23(2,3)24)20-17-12-7-14(22(28)29-4)13-19(17)26-21(20)27/h7-13,26-27H,5-6,24H2,1-4H3. The number of carbonyl (C=O) groups excluding carboxylic acids is 1. The summed E-state index contributed by atoms with van der Waals surface area (Å²) in [5.41, 5.74) is 10.1. The third-order valence-electron chi connectivity index (χ3n) is 4.85. The number of aliphatic imine (C=N–C) groups is 1. The minimum Gasteiger partial charge on any atom is -0.494 e. The van der Waals surface area contributed by atoms with E-state index in [1.807, 2.05) is 38.1 Å². The Morgan fingerprint density at radius 2 is 1.90 bits per heavy atom. The number of aromatic hydroxyl groups is 1. The van der Waals surface area contributed by atoms with Crippen LogP contribution in [0.3, 0.4) is 0 Å². The number of ether oxygens (including phenoxy) is 1. The first-order valence-electron chi connectivity index (χ1n) is 9.65. The van der Waals surface area contributed by atoms with Crippen molar-refractivity contribution >= 4 is 28.3 Å². The lowest BCUT2D eigenvalue weighted by atomic mass is 9.95. The first-order valence-corrected chi connectivity index (χ1v) is 9.65. The summed E-state index contributed by atoms with van der Waals surface area (Å²) in [6.45, 7) is 5.98. The summed E-state index contributed by atoms with van der Waals surface area (Å²) in [4.78, 5) is 19.5. The van der Waals surface area contributed by atoms with Crippen molar-refractivity contribution in [2.45, 2.75) is 39.2 Å². The molecule has 3 aromatic rings. The minimum absolute atomic E-state index is 0.0360. The molecule has 3 rings (SSSR count). The van der Waals surface area contributed by atoms with E-state index in [2.05, 4.69) is 11.9 Å². The summed E-state index contributed by atoms with van der Waals surface area (Å²) < 4.78 is 4.77. The molecular formula is C23H27N3O3. The number of fused-ring (bicyclic) bond motifs is 1. The van der Waals surface area contributed by atoms with Gasteiger partial charge < -0.3 is 20.6 Å². The Kier molecular flexibility index (Phi) is 5.75. The van der Waals surface area contributed by atoms with Crippen molar-refractivity contribution in [3.8, 4) is 5.88 Å². The fraction of sp³-hybridized carbons (Fsp3) is 0.304. The maximum absolute atomic E-state index is 11.8. The van der Waals surface area contributed by atoms with Crippen molar-refractivity contribution < 1.29 is 14.6 Å². The Balaban J connectivity index is 2.07. The second-order valence-electron chi connectivity index (χ2n) is 7.68. The first kappa shape index (κ1) is 20.6. The number of benzene rings is 2. The number of nitrogens with two attached hydrogens (primary N) is 1. The highest BCUT2D eigenvalue weighted by molar-refractivity contribution is 6.14. The molecule has 0 aliphatic rings. The highest BCUT2D eigenvalue weighted by atomic mass is 16.5. The van der Waals surface area contributed by atoms with Crippen molar-refractivity contribution in [3.05, 3.63) is 59.2 Å². The van der Waals surface area contributed by atoms with E-state index in [-0.39, 0.29) is 5.88 Å². The SMILES string of the molecule is CCCC(=Nc1ccc(C(C)(C)N)cc1)c1c(O)[nH]c2cc(C(=O)OC)ccc12. The summed E-state index contributed by atoms with van der Waals surface area (Å²) >= 11 is 0. The summed E-state index contributed by atoms with van der Waals surface area (Å²) in [6.07, 6.45) is 1.57. The van der Waals surface area contributed by atoms with E-state index < -0.39 is 11.5 Å². The van der Waals surface area contributed by atoms with E-state index >= 15 is 0 Å². The minimum atomic E-state index is -0.423. The third-order valence-corrected chi connectivity index (χ3v) is 4.85. The van der Waals surface area contributed by atoms with Crippen LogP contribution in [0.1, 0.15) is 55.1 Å². The number of nitrogens with zero attached hydrogens (tertiary/aromatic N) is 1. The van der Waals surface area contributed by atoms with Gasteiger partial charge in [0, 0.05) is 16.4 Å². The van der Waals surface area contributed by atoms with Crippen LogP contribution in [0.2, 0.25) is 0 Å². The molecule has 6 nitrogen and oxygen atoms in total. The Morgan fingerprint density at radius 1 is 1.21 bits per heavy atom. The van der Waals surface area contributed by atoms with Gasteiger partial charge in [-0.15, -0.1) is 0 Å². The fourth-order valence-corrected chi connectivity index (χ4v) is 3.32. The molecule has 0 aliphatic heterocycles. The third kappa shape index (κ3) is 4.32. The Hall–Kier alpha value is -3.12. The van der Waals surface area contributed by atoms with Gasteiger partial charge in [-0.05, 0) is 50.1 Å². The average molecular weight is 393 g/mol. The number of esters is 1. The lowest BCUT2D eigenvalue weighted by Gasteiger charge is -2.19. The highest BCUT2D eigenvalue weighted by Crippen LogP contribution is 2.31. The molecule has 1 heterocycles. The Bertz CT molecular complexity index is 1060. The molecule has 0 unspecified atom stereocenters. The van der Waals surface area contributed by atoms with Gasteiger partial charge >= 0.3 is 5.97 Å². The zero-order valence-electron chi connectivity index (χ0n) is 17.2. The van der Waals surface area contributed by atoms with Gasteiger partial charge in [-0.3, -0.25) is 4.99 Å². The van der Waals surface area contributed by atoms with Gasteiger partial charge in [0.05, 0.1) is 29.6 Å². The summed E-state index contributed by atoms with van der Waals surface area (Å²) in [5, 5.41) is 11.4. The molecule has 0 radical (unpaired) electrons. The molecule has 0 spiro atoms. The molecule has 29 heavy (non-hydrogen) atoms. The molecule has 0 fully saturated rings. The number of methoxy groups -OCH3 is 1. The molecule has 2 aromatic carbocycles. The van der Waals surface area contributed by atoms with E-state index in [1.54, 1.807) is 18.2 Å². The summed E-state index contributed by atoms with van der Waals surface area (Å²) in [5.74, 6) is -0.387. The van der Waals surface area contributed by atoms with Gasteiger partial charge in [0.25, 0.3) is 0 Å². The van der Waals surface area contributed by atoms with E-state index in [9.17, 15) is 9.90 Å². The van der Waals surface area contributed by atoms with E-state index in [1.165, 1.54) is 7.11 Å². The quantitative estimate of drug-likeness (QED) is 0.414. The molecule has 0 aliphatic carbocycles. The monoisotopic (exact) mass is 393 g/mol. The van der Waals surface area contributed by atoms with Gasteiger partial charge in [0.15, 0.2) is 5.88 Å². The number of rotatable bonds is 6. The lowest BCUT2D eigenvalue weighted by Crippen LogP contribution is -2.28. The molecule has 0 atom stereocenters. The normalized spacial score (nSPS) is 12.4. The molecule has 1 aromatic heterocycles. The van der Waals surface area contributed by atoms with Crippen LogP contribution < -0.4 is 5.73 Å². The Morgan fingerprint density at radius 3 is 2.48 bits per heavy atom. The fourth-order valence-electron chi connectivity index (χ4n) is 3.32. The number of hydrogen-bond donors (Lipinski definition) is 3. The number of nitrogens with one attached hydrogen (secondary N) is 1. The van der Waals surface area contributed by atoms with Gasteiger partial charge in [0.1, 0.15) is 0 Å². The van der Waals surface area contributed by atoms with Crippen molar-refractivity contribution in [3.63, 3.8) is 0 Å². The molecular weight excluding hydrogens is 366 g/mol. The summed E-state index contributed by atoms with van der Waals surface area (Å²) in [7, 11) is 1.34. The second kappa shape index (κ2) is 8.09. The lowest BCUT2D eigenvalue weighted by molar-refractivity contribution is 0.0601. The van der Waals surface area contributed by atoms with Crippen molar-refractivity contribution in [2.24, 2.45) is 10.7 Å². The zero-order valence-corrected chi connectivity index (χ0v) is 17.2. The molecule has 4 N–H and O–H groups in total. The smallest absolute Gasteiger partial charge is 0.337 e. The first-order chi connectivity index (χ1) is 13.7. The predicted molar refractivity (Wildman–Crippen MR) is 116 cm³/mol. The zero-order chi connectivity index (χ0) is 21.2. The van der Waals surface area contributed by atoms with Gasteiger partial charge in [-0.2, -0.15) is 0 Å². The van der Waals surface area contributed by atoms with Crippen LogP contribution in [0, 0.1) is 0 Å². The number of aromatic nitrogens is 1. The van der Waals surface area contributed by atoms with Crippen LogP contribution in [0.25, 0.3) is 10.9 Å². The second-order valence-corrected chi connectivity index (χ2v) is 7.68. The molecule has 152 valence electrons. The van der Waals surface area contributed by atoms with Gasteiger partial charge in [-0.25, -0.2) is 4.79 Å². The van der Waals surface area contributed by atoms with Crippen molar-refractivity contribution in [2.75, 3.05) is 7.11 Å². The Labute approximate surface area is 170 Å². The van der Waals surface area contributed by atoms with Crippen LogP contribution in [0.5, 0.6) is 5.88 Å². The number of H-pyrrole nitrogens is 1. The van der Waals surface area contributed by atoms with E-state index in [0.29, 0.717) is 23.1 Å². The molecule has 0 amide bonds. The molecule has 6 heteroatoms. The topological polar surface area (TPSA) is 101 Å². The number of hydrogen-bond acceptors (Lipinski definition) is 5. The highest BCUT2D eigenvalue weighted by Gasteiger charge is 2.18. The van der Waals surface area contributed by atoms with Crippen LogP contribution >= 0.6 is 0 Å². The predicted octanol–water partition coefficient (Wildman–Crippen LogP) is 4.77. The maximum atomic E-state index is 11.8. The van der Waals surface area contributed by atoms with E-state index in [0.717, 1.165) is 28.8 Å². The van der Waals surface area contributed by atoms with Crippen LogP contribution in [-0.2, 0) is 10.3 Å². The average Bonchev–Trinajstić information content (AvgIpc) is 3.01. The van der Waals surface area contributed by atoms with Crippen molar-refractivity contribution in [1.29, 1.82) is 0 Å². The molecule has 0 saturated heterocycles. The largest absolute Gasteiger partial charge is 0.494 e. The van der Waals surface area contributed by atoms with Crippen LogP contribution in [0.4, 0.5) is 5.69 Å². The molecule has 0 bridgehead atoms. The van der Waals surface area contributed by atoms with Crippen LogP contribution in [-0.4, -0.2) is 28.9 Å². The molecule has 0 saturated carbocycles. The number of aromatic amines is 1. The van der Waals surface area contributed by atoms with Gasteiger partial charge in [-0.1, -0.05) is 31.5 Å². The maximum Gasteiger partial charge on any atom is 0.337 e. The van der Waals surface area contributed by atoms with E-state index in [4.69, 9.17) is 15.5 Å². The number of carbonyl (C=O) groups is 1.